The van der Waals surface area contributed by atoms with Gasteiger partial charge in [-0.15, -0.1) is 0 Å². The summed E-state index contributed by atoms with van der Waals surface area (Å²) in [5, 5.41) is 0. The highest BCUT2D eigenvalue weighted by Gasteiger charge is 1.94. The van der Waals surface area contributed by atoms with E-state index in [2.05, 4.69) is 60.1 Å². The molecule has 0 aliphatic rings. The van der Waals surface area contributed by atoms with Crippen LogP contribution in [0.4, 0.5) is 0 Å². The summed E-state index contributed by atoms with van der Waals surface area (Å²) in [5.41, 5.74) is 5.80. The maximum atomic E-state index is 5.44. The smallest absolute Gasteiger partial charge is 0.0685 e. The molecule has 0 heterocycles. The third kappa shape index (κ3) is 6.00. The number of hydrogen-bond donors (Lipinski definition) is 1. The summed E-state index contributed by atoms with van der Waals surface area (Å²) in [6, 6.07) is 21.1. The first-order valence-corrected chi connectivity index (χ1v) is 7.37. The average Bonchev–Trinajstić information content (AvgIpc) is 2.52. The van der Waals surface area contributed by atoms with Gasteiger partial charge < -0.3 is 4.84 Å². The molecule has 0 radical (unpaired) electrons. The van der Waals surface area contributed by atoms with Gasteiger partial charge >= 0.3 is 0 Å². The van der Waals surface area contributed by atoms with Gasteiger partial charge in [0.1, 0.15) is 0 Å². The van der Waals surface area contributed by atoms with Crippen molar-refractivity contribution in [3.63, 3.8) is 0 Å². The van der Waals surface area contributed by atoms with Gasteiger partial charge in [0.25, 0.3) is 0 Å². The molecule has 2 aromatic carbocycles. The van der Waals surface area contributed by atoms with E-state index in [1.54, 1.807) is 0 Å². The van der Waals surface area contributed by atoms with Crippen LogP contribution in [0.5, 0.6) is 0 Å². The molecule has 0 bridgehead atoms. The highest BCUT2D eigenvalue weighted by molar-refractivity contribution is 5.15. The number of aryl methyl sites for hydroxylation is 2. The van der Waals surface area contributed by atoms with E-state index in [-0.39, 0.29) is 0 Å². The van der Waals surface area contributed by atoms with Gasteiger partial charge in [0.05, 0.1) is 6.61 Å². The predicted octanol–water partition coefficient (Wildman–Crippen LogP) is 3.77. The zero-order chi connectivity index (χ0) is 13.9. The molecule has 1 N–H and O–H groups in total. The van der Waals surface area contributed by atoms with Crippen LogP contribution in [0.25, 0.3) is 0 Å². The van der Waals surface area contributed by atoms with Crippen LogP contribution in [0.3, 0.4) is 0 Å². The molecule has 106 valence electrons. The number of hydroxylamine groups is 1. The third-order valence-electron chi connectivity index (χ3n) is 3.24. The highest BCUT2D eigenvalue weighted by Crippen LogP contribution is 2.03. The van der Waals surface area contributed by atoms with Crippen LogP contribution in [0.2, 0.25) is 0 Å². The lowest BCUT2D eigenvalue weighted by molar-refractivity contribution is 0.0393. The van der Waals surface area contributed by atoms with Crippen LogP contribution in [0.1, 0.15) is 24.0 Å². The van der Waals surface area contributed by atoms with E-state index in [1.807, 2.05) is 6.07 Å². The van der Waals surface area contributed by atoms with Gasteiger partial charge in [-0.3, -0.25) is 0 Å². The first-order valence-electron chi connectivity index (χ1n) is 7.37. The fraction of sp³-hybridized carbons (Fsp3) is 0.333. The highest BCUT2D eigenvalue weighted by atomic mass is 16.6. The fourth-order valence-electron chi connectivity index (χ4n) is 2.15. The molecule has 20 heavy (non-hydrogen) atoms. The first kappa shape index (κ1) is 14.8. The Morgan fingerprint density at radius 1 is 0.700 bits per heavy atom. The zero-order valence-corrected chi connectivity index (χ0v) is 11.9. The molecule has 0 atom stereocenters. The second kappa shape index (κ2) is 9.29. The molecular formula is C18H23NO. The van der Waals surface area contributed by atoms with Gasteiger partial charge in [-0.1, -0.05) is 60.7 Å². The molecule has 0 fully saturated rings. The number of benzene rings is 2. The molecule has 0 aromatic heterocycles. The monoisotopic (exact) mass is 269 g/mol. The quantitative estimate of drug-likeness (QED) is 0.552. The van der Waals surface area contributed by atoms with Crippen LogP contribution < -0.4 is 5.48 Å². The summed E-state index contributed by atoms with van der Waals surface area (Å²) in [7, 11) is 0. The van der Waals surface area contributed by atoms with Gasteiger partial charge in [-0.25, -0.2) is 5.48 Å². The Hall–Kier alpha value is -1.64. The third-order valence-corrected chi connectivity index (χ3v) is 3.24. The van der Waals surface area contributed by atoms with Gasteiger partial charge in [-0.05, 0) is 36.8 Å². The molecule has 0 aliphatic carbocycles. The minimum Gasteiger partial charge on any atom is -0.302 e. The maximum Gasteiger partial charge on any atom is 0.0685 e. The Morgan fingerprint density at radius 2 is 1.25 bits per heavy atom. The Kier molecular flexibility index (Phi) is 6.86. The van der Waals surface area contributed by atoms with E-state index < -0.39 is 0 Å². The van der Waals surface area contributed by atoms with Crippen molar-refractivity contribution in [1.82, 2.24) is 5.48 Å². The van der Waals surface area contributed by atoms with Gasteiger partial charge in [-0.2, -0.15) is 0 Å². The lowest BCUT2D eigenvalue weighted by Gasteiger charge is -2.06. The number of rotatable bonds is 9. The van der Waals surface area contributed by atoms with Crippen molar-refractivity contribution in [2.75, 3.05) is 13.2 Å². The molecule has 0 aliphatic heterocycles. The minimum absolute atomic E-state index is 0.764. The van der Waals surface area contributed by atoms with Crippen LogP contribution >= 0.6 is 0 Å². The molecule has 2 nitrogen and oxygen atoms in total. The second-order valence-electron chi connectivity index (χ2n) is 4.92. The van der Waals surface area contributed by atoms with E-state index in [0.29, 0.717) is 0 Å². The van der Waals surface area contributed by atoms with E-state index in [1.165, 1.54) is 11.1 Å². The molecule has 0 amide bonds. The van der Waals surface area contributed by atoms with Crippen LogP contribution in [-0.2, 0) is 17.7 Å². The molecule has 2 rings (SSSR count). The van der Waals surface area contributed by atoms with Gasteiger partial charge in [0.2, 0.25) is 0 Å². The molecule has 0 unspecified atom stereocenters. The Labute approximate surface area is 121 Å². The number of hydrogen-bond acceptors (Lipinski definition) is 2. The summed E-state index contributed by atoms with van der Waals surface area (Å²) in [4.78, 5) is 5.44. The molecule has 0 saturated heterocycles. The fourth-order valence-corrected chi connectivity index (χ4v) is 2.15. The Morgan fingerprint density at radius 3 is 1.85 bits per heavy atom. The molecule has 0 saturated carbocycles. The Bertz CT molecular complexity index is 410. The Balaban J connectivity index is 1.44. The number of nitrogens with one attached hydrogen (secondary N) is 1. The van der Waals surface area contributed by atoms with Crippen LogP contribution in [0, 0.1) is 0 Å². The van der Waals surface area contributed by atoms with Crippen molar-refractivity contribution in [3.8, 4) is 0 Å². The molecule has 2 heteroatoms. The van der Waals surface area contributed by atoms with Crippen molar-refractivity contribution >= 4 is 0 Å². The van der Waals surface area contributed by atoms with Crippen LogP contribution in [-0.4, -0.2) is 13.2 Å². The zero-order valence-electron chi connectivity index (χ0n) is 11.9. The lowest BCUT2D eigenvalue weighted by Crippen LogP contribution is -2.17. The molecular weight excluding hydrogens is 246 g/mol. The van der Waals surface area contributed by atoms with Gasteiger partial charge in [0, 0.05) is 6.54 Å². The van der Waals surface area contributed by atoms with E-state index in [9.17, 15) is 0 Å². The normalized spacial score (nSPS) is 10.6. The summed E-state index contributed by atoms with van der Waals surface area (Å²) < 4.78 is 0. The van der Waals surface area contributed by atoms with Crippen molar-refractivity contribution in [1.29, 1.82) is 0 Å². The van der Waals surface area contributed by atoms with Crippen molar-refractivity contribution in [3.05, 3.63) is 71.8 Å². The molecule has 0 spiro atoms. The van der Waals surface area contributed by atoms with E-state index >= 15 is 0 Å². The molecule has 2 aromatic rings. The largest absolute Gasteiger partial charge is 0.302 e. The SMILES string of the molecule is c1ccc(CCCNOCCCc2ccccc2)cc1. The first-order chi connectivity index (χ1) is 9.95. The summed E-state index contributed by atoms with van der Waals surface area (Å²) in [5.74, 6) is 0. The van der Waals surface area contributed by atoms with E-state index in [0.717, 1.165) is 38.8 Å². The van der Waals surface area contributed by atoms with Crippen LogP contribution in [0.15, 0.2) is 60.7 Å². The van der Waals surface area contributed by atoms with Crippen molar-refractivity contribution in [2.45, 2.75) is 25.7 Å². The van der Waals surface area contributed by atoms with Gasteiger partial charge in [0.15, 0.2) is 0 Å². The standard InChI is InChI=1S/C18H23NO/c1-3-9-17(10-4-1)13-7-15-19-20-16-8-14-18-11-5-2-6-12-18/h1-6,9-12,19H,7-8,13-16H2. The van der Waals surface area contributed by atoms with Crippen molar-refractivity contribution < 1.29 is 4.84 Å². The topological polar surface area (TPSA) is 21.3 Å². The maximum absolute atomic E-state index is 5.44. The minimum atomic E-state index is 0.764. The summed E-state index contributed by atoms with van der Waals surface area (Å²) in [6.45, 7) is 1.67. The lowest BCUT2D eigenvalue weighted by atomic mass is 10.1. The average molecular weight is 269 g/mol. The summed E-state index contributed by atoms with van der Waals surface area (Å²) >= 11 is 0. The summed E-state index contributed by atoms with van der Waals surface area (Å²) in [6.07, 6.45) is 4.33. The van der Waals surface area contributed by atoms with E-state index in [4.69, 9.17) is 4.84 Å². The predicted molar refractivity (Wildman–Crippen MR) is 83.5 cm³/mol. The second-order valence-corrected chi connectivity index (χ2v) is 4.92. The van der Waals surface area contributed by atoms with Crippen molar-refractivity contribution in [2.24, 2.45) is 0 Å².